The van der Waals surface area contributed by atoms with Crippen LogP contribution in [0.25, 0.3) is 0 Å². The molecule has 0 aromatic carbocycles. The van der Waals surface area contributed by atoms with E-state index < -0.39 is 30.3 Å². The Kier molecular flexibility index (Phi) is 16.8. The van der Waals surface area contributed by atoms with Crippen molar-refractivity contribution in [2.75, 3.05) is 0 Å². The largest absolute Gasteiger partial charge is 1.00 e. The van der Waals surface area contributed by atoms with Crippen molar-refractivity contribution >= 4 is 17.8 Å². The second-order valence-electron chi connectivity index (χ2n) is 2.08. The van der Waals surface area contributed by atoms with E-state index in [2.05, 4.69) is 4.99 Å². The van der Waals surface area contributed by atoms with Crippen LogP contribution in [0.15, 0.2) is 4.99 Å². The van der Waals surface area contributed by atoms with Crippen molar-refractivity contribution in [2.45, 2.75) is 19.4 Å². The van der Waals surface area contributed by atoms with Crippen molar-refractivity contribution in [3.63, 3.8) is 0 Å². The van der Waals surface area contributed by atoms with E-state index in [9.17, 15) is 19.8 Å². The van der Waals surface area contributed by atoms with Crippen LogP contribution in [0.1, 0.15) is 13.3 Å². The molecule has 6 nitrogen and oxygen atoms in total. The summed E-state index contributed by atoms with van der Waals surface area (Å²) in [7, 11) is 0. The summed E-state index contributed by atoms with van der Waals surface area (Å²) in [5.41, 5.74) is 0. The van der Waals surface area contributed by atoms with Crippen LogP contribution >= 0.6 is 0 Å². The van der Waals surface area contributed by atoms with Gasteiger partial charge < -0.3 is 20.1 Å². The molecule has 0 fully saturated rings. The van der Waals surface area contributed by atoms with Gasteiger partial charge in [0, 0.05) is 12.4 Å². The number of nitrogens with zero attached hydrogens (tertiary/aromatic N) is 1. The zero-order valence-electron chi connectivity index (χ0n) is 8.31. The van der Waals surface area contributed by atoms with Gasteiger partial charge in [-0.15, -0.1) is 0 Å². The minimum absolute atomic E-state index is 0. The van der Waals surface area contributed by atoms with Crippen molar-refractivity contribution in [2.24, 2.45) is 4.99 Å². The number of carboxylic acid groups (broad SMARTS) is 2. The van der Waals surface area contributed by atoms with Gasteiger partial charge >= 0.3 is 109 Å². The summed E-state index contributed by atoms with van der Waals surface area (Å²) in [4.78, 5) is 23.2. The molecule has 0 amide bonds. The van der Waals surface area contributed by atoms with Crippen LogP contribution < -0.4 is 113 Å². The summed E-state index contributed by atoms with van der Waals surface area (Å²) in [6, 6.07) is -1.53. The molecule has 68 valence electrons. The summed E-state index contributed by atoms with van der Waals surface area (Å²) >= 11 is 0. The predicted octanol–water partition coefficient (Wildman–Crippen LogP) is -8.63. The molecule has 1 atom stereocenters. The van der Waals surface area contributed by atoms with Crippen molar-refractivity contribution < 1.29 is 128 Å². The molecule has 0 saturated heterocycles. The number of aliphatic carboxylic acids is 2. The second kappa shape index (κ2) is 11.2. The molecular weight excluding hydrogens is 244 g/mol. The Bertz CT molecular complexity index is 226. The Labute approximate surface area is 166 Å². The minimum Gasteiger partial charge on any atom is -0.862 e. The molecular formula is C6H7K2NO5. The Morgan fingerprint density at radius 2 is 1.79 bits per heavy atom. The van der Waals surface area contributed by atoms with Crippen LogP contribution in [0, 0.1) is 0 Å². The van der Waals surface area contributed by atoms with E-state index in [4.69, 9.17) is 5.11 Å². The average molecular weight is 251 g/mol. The van der Waals surface area contributed by atoms with Crippen molar-refractivity contribution in [3.05, 3.63) is 0 Å². The van der Waals surface area contributed by atoms with E-state index in [1.54, 1.807) is 0 Å². The van der Waals surface area contributed by atoms with Gasteiger partial charge in [-0.2, -0.15) is 0 Å². The maximum atomic E-state index is 10.3. The molecule has 0 heterocycles. The third kappa shape index (κ3) is 11.8. The molecule has 0 aliphatic carbocycles. The molecule has 0 aliphatic heterocycles. The first-order chi connectivity index (χ1) is 5.43. The number of hydrogen-bond acceptors (Lipinski definition) is 5. The number of aliphatic imine (C=N–C) groups is 1. The van der Waals surface area contributed by atoms with E-state index in [0.717, 1.165) is 6.92 Å². The fraction of sp³-hybridized carbons (Fsp3) is 0.500. The van der Waals surface area contributed by atoms with Gasteiger partial charge in [-0.05, 0) is 12.8 Å². The molecule has 0 unspecified atom stereocenters. The average Bonchev–Trinajstić information content (AvgIpc) is 1.83. The molecule has 0 aromatic heterocycles. The van der Waals surface area contributed by atoms with E-state index in [1.165, 1.54) is 0 Å². The number of rotatable bonds is 4. The monoisotopic (exact) mass is 251 g/mol. The summed E-state index contributed by atoms with van der Waals surface area (Å²) in [6.07, 6.45) is -0.783. The van der Waals surface area contributed by atoms with Crippen LogP contribution in [-0.2, 0) is 9.59 Å². The smallest absolute Gasteiger partial charge is 0.862 e. The Balaban J connectivity index is -0.000000605. The zero-order valence-corrected chi connectivity index (χ0v) is 14.6. The summed E-state index contributed by atoms with van der Waals surface area (Å²) < 4.78 is 0. The minimum atomic E-state index is -1.55. The number of carbonyl (C=O) groups excluding carboxylic acids is 1. The second-order valence-corrected chi connectivity index (χ2v) is 2.08. The first-order valence-electron chi connectivity index (χ1n) is 3.07. The van der Waals surface area contributed by atoms with Gasteiger partial charge in [-0.3, -0.25) is 4.99 Å². The zero-order chi connectivity index (χ0) is 9.72. The summed E-state index contributed by atoms with van der Waals surface area (Å²) in [5, 5.41) is 28.6. The SMILES string of the molecule is CC([O-])=N[C@H](CC(=O)[O-])C(=O)O.[K+].[K+]. The molecule has 14 heavy (non-hydrogen) atoms. The van der Waals surface area contributed by atoms with Gasteiger partial charge in [0.1, 0.15) is 0 Å². The fourth-order valence-corrected chi connectivity index (χ4v) is 0.565. The molecule has 0 rings (SSSR count). The fourth-order valence-electron chi connectivity index (χ4n) is 0.565. The van der Waals surface area contributed by atoms with Crippen LogP contribution in [-0.4, -0.2) is 29.0 Å². The Hall–Kier alpha value is 1.68. The molecule has 0 saturated carbocycles. The van der Waals surface area contributed by atoms with Gasteiger partial charge in [0.2, 0.25) is 0 Å². The molecule has 0 aliphatic rings. The van der Waals surface area contributed by atoms with E-state index in [0.29, 0.717) is 0 Å². The van der Waals surface area contributed by atoms with Crippen LogP contribution in [0.4, 0.5) is 0 Å². The quantitative estimate of drug-likeness (QED) is 0.303. The van der Waals surface area contributed by atoms with Crippen molar-refractivity contribution in [3.8, 4) is 0 Å². The Morgan fingerprint density at radius 1 is 1.36 bits per heavy atom. The summed E-state index contributed by atoms with van der Waals surface area (Å²) in [5.74, 6) is -3.72. The van der Waals surface area contributed by atoms with Crippen LogP contribution in [0.2, 0.25) is 0 Å². The third-order valence-corrected chi connectivity index (χ3v) is 0.983. The maximum absolute atomic E-state index is 10.3. The topological polar surface area (TPSA) is 113 Å². The first kappa shape index (κ1) is 21.0. The molecule has 1 N–H and O–H groups in total. The normalized spacial score (nSPS) is 11.9. The van der Waals surface area contributed by atoms with Crippen LogP contribution in [0.5, 0.6) is 0 Å². The number of carbonyl (C=O) groups is 2. The van der Waals surface area contributed by atoms with E-state index >= 15 is 0 Å². The standard InChI is InChI=1S/C6H9NO5.2K/c1-3(8)7-4(6(11)12)2-5(9)10;;/h4H,2H2,1H3,(H,7,8)(H,9,10)(H,11,12);;/q;2*+1/p-2/t4-;;/m1../s1. The third-order valence-electron chi connectivity index (χ3n) is 0.983. The Morgan fingerprint density at radius 3 is 2.00 bits per heavy atom. The van der Waals surface area contributed by atoms with Gasteiger partial charge in [0.25, 0.3) is 0 Å². The molecule has 0 spiro atoms. The van der Waals surface area contributed by atoms with Crippen molar-refractivity contribution in [1.29, 1.82) is 0 Å². The predicted molar refractivity (Wildman–Crippen MR) is 34.2 cm³/mol. The maximum Gasteiger partial charge on any atom is 1.00 e. The van der Waals surface area contributed by atoms with Crippen LogP contribution in [0.3, 0.4) is 0 Å². The van der Waals surface area contributed by atoms with Gasteiger partial charge in [-0.1, -0.05) is 0 Å². The first-order valence-corrected chi connectivity index (χ1v) is 3.07. The van der Waals surface area contributed by atoms with Gasteiger partial charge in [-0.25, -0.2) is 4.79 Å². The van der Waals surface area contributed by atoms with Gasteiger partial charge in [0.05, 0.1) is 0 Å². The molecule has 0 bridgehead atoms. The molecule has 8 heteroatoms. The van der Waals surface area contributed by atoms with E-state index in [-0.39, 0.29) is 103 Å². The molecule has 0 radical (unpaired) electrons. The van der Waals surface area contributed by atoms with Gasteiger partial charge in [0.15, 0.2) is 6.04 Å². The molecule has 0 aromatic rings. The summed E-state index contributed by atoms with van der Waals surface area (Å²) in [6.45, 7) is 1.05. The van der Waals surface area contributed by atoms with Crippen molar-refractivity contribution in [1.82, 2.24) is 0 Å². The number of carboxylic acids is 2. The van der Waals surface area contributed by atoms with E-state index in [1.807, 2.05) is 0 Å². The number of hydrogen-bond donors (Lipinski definition) is 1.